The lowest BCUT2D eigenvalue weighted by Crippen LogP contribution is -2.51. The third kappa shape index (κ3) is 5.46. The van der Waals surface area contributed by atoms with Crippen LogP contribution in [0.4, 0.5) is 0 Å². The summed E-state index contributed by atoms with van der Waals surface area (Å²) in [4.78, 5) is 27.2. The maximum atomic E-state index is 12.8. The Hall–Kier alpha value is -3.86. The number of likely N-dealkylation sites (tertiary alicyclic amines) is 1. The number of carbonyl (C=O) groups is 2. The molecule has 5 rings (SSSR count). The summed E-state index contributed by atoms with van der Waals surface area (Å²) in [5, 5.41) is 2.78. The van der Waals surface area contributed by atoms with E-state index in [9.17, 15) is 9.59 Å². The van der Waals surface area contributed by atoms with Crippen molar-refractivity contribution in [2.75, 3.05) is 19.6 Å². The third-order valence-electron chi connectivity index (χ3n) is 7.37. The average molecular weight is 495 g/mol. The number of benzene rings is 3. The highest BCUT2D eigenvalue weighted by atomic mass is 16.5. The molecule has 0 aromatic heterocycles. The molecule has 2 aliphatic rings. The number of ether oxygens (including phenoxy) is 1. The molecular weight excluding hydrogens is 460 g/mol. The van der Waals surface area contributed by atoms with E-state index in [1.165, 1.54) is 11.1 Å². The van der Waals surface area contributed by atoms with Crippen molar-refractivity contribution in [2.24, 2.45) is 0 Å². The maximum Gasteiger partial charge on any atom is 0.251 e. The molecule has 1 fully saturated rings. The van der Waals surface area contributed by atoms with Gasteiger partial charge in [-0.3, -0.25) is 9.59 Å². The third-order valence-corrected chi connectivity index (χ3v) is 7.37. The summed E-state index contributed by atoms with van der Waals surface area (Å²) >= 11 is 0. The molecule has 3 aromatic carbocycles. The van der Waals surface area contributed by atoms with Gasteiger partial charge in [-0.25, -0.2) is 0 Å². The van der Waals surface area contributed by atoms with E-state index >= 15 is 0 Å². The summed E-state index contributed by atoms with van der Waals surface area (Å²) in [5.41, 5.74) is 4.78. The zero-order valence-electron chi connectivity index (χ0n) is 21.8. The van der Waals surface area contributed by atoms with E-state index in [1.54, 1.807) is 0 Å². The zero-order valence-corrected chi connectivity index (χ0v) is 21.8. The van der Waals surface area contributed by atoms with Gasteiger partial charge in [0.25, 0.3) is 5.91 Å². The van der Waals surface area contributed by atoms with Gasteiger partial charge in [-0.1, -0.05) is 75.4 Å². The van der Waals surface area contributed by atoms with Crippen molar-refractivity contribution in [3.05, 3.63) is 95.6 Å². The van der Waals surface area contributed by atoms with Gasteiger partial charge in [0.1, 0.15) is 11.4 Å². The Morgan fingerprint density at radius 3 is 2.30 bits per heavy atom. The number of rotatable bonds is 4. The van der Waals surface area contributed by atoms with Gasteiger partial charge in [0.05, 0.1) is 6.54 Å². The molecule has 1 N–H and O–H groups in total. The van der Waals surface area contributed by atoms with E-state index in [0.717, 1.165) is 29.7 Å². The molecule has 0 radical (unpaired) electrons. The van der Waals surface area contributed by atoms with Crippen LogP contribution in [0.15, 0.2) is 78.9 Å². The number of nitrogens with zero attached hydrogens (tertiary/aromatic N) is 1. The molecule has 190 valence electrons. The molecule has 5 nitrogen and oxygen atoms in total. The van der Waals surface area contributed by atoms with Gasteiger partial charge in [-0.15, -0.1) is 0 Å². The summed E-state index contributed by atoms with van der Waals surface area (Å²) in [5.74, 6) is 0.584. The lowest BCUT2D eigenvalue weighted by molar-refractivity contribution is -0.132. The standard InChI is InChI=1S/C32H34N2O3/c1-31(2,3)27-12-9-24(10-13-27)30(36)33-22-29(35)34-19-17-32(18-20-34)16-15-26-21-25(11-14-28(26)37-32)23-7-5-4-6-8-23/h4-16,21H,17-20,22H2,1-3H3,(H,33,36). The van der Waals surface area contributed by atoms with Gasteiger partial charge in [-0.05, 0) is 52.4 Å². The van der Waals surface area contributed by atoms with E-state index in [-0.39, 0.29) is 23.8 Å². The first-order valence-corrected chi connectivity index (χ1v) is 13.0. The second-order valence-electron chi connectivity index (χ2n) is 11.0. The van der Waals surface area contributed by atoms with E-state index in [4.69, 9.17) is 4.74 Å². The molecular formula is C32H34N2O3. The monoisotopic (exact) mass is 494 g/mol. The van der Waals surface area contributed by atoms with Crippen LogP contribution in [0.3, 0.4) is 0 Å². The topological polar surface area (TPSA) is 58.6 Å². The normalized spacial score (nSPS) is 16.1. The Balaban J connectivity index is 1.15. The Morgan fingerprint density at radius 2 is 1.62 bits per heavy atom. The van der Waals surface area contributed by atoms with Gasteiger partial charge in [0.2, 0.25) is 5.91 Å². The highest BCUT2D eigenvalue weighted by molar-refractivity contribution is 5.96. The van der Waals surface area contributed by atoms with Crippen LogP contribution >= 0.6 is 0 Å². The number of carbonyl (C=O) groups excluding carboxylic acids is 2. The van der Waals surface area contributed by atoms with Crippen molar-refractivity contribution < 1.29 is 14.3 Å². The molecule has 2 amide bonds. The minimum absolute atomic E-state index is 0.00531. The van der Waals surface area contributed by atoms with Crippen LogP contribution < -0.4 is 10.1 Å². The number of nitrogens with one attached hydrogen (secondary N) is 1. The maximum absolute atomic E-state index is 12.8. The molecule has 2 aliphatic heterocycles. The number of amides is 2. The molecule has 0 aliphatic carbocycles. The zero-order chi connectivity index (χ0) is 26.0. The first-order chi connectivity index (χ1) is 17.7. The van der Waals surface area contributed by atoms with Crippen LogP contribution in [0.2, 0.25) is 0 Å². The van der Waals surface area contributed by atoms with Crippen LogP contribution in [-0.4, -0.2) is 41.9 Å². The number of piperidine rings is 1. The van der Waals surface area contributed by atoms with Crippen molar-refractivity contribution in [1.29, 1.82) is 0 Å². The molecule has 0 unspecified atom stereocenters. The second kappa shape index (κ2) is 9.89. The summed E-state index contributed by atoms with van der Waals surface area (Å²) in [7, 11) is 0. The Labute approximate surface area is 219 Å². The Bertz CT molecular complexity index is 1310. The van der Waals surface area contributed by atoms with Crippen molar-refractivity contribution in [3.63, 3.8) is 0 Å². The van der Waals surface area contributed by atoms with Crippen molar-refractivity contribution in [2.45, 2.75) is 44.6 Å². The fourth-order valence-corrected chi connectivity index (χ4v) is 4.97. The molecule has 0 atom stereocenters. The van der Waals surface area contributed by atoms with Crippen LogP contribution in [-0.2, 0) is 10.2 Å². The van der Waals surface area contributed by atoms with E-state index in [2.05, 4.69) is 62.5 Å². The summed E-state index contributed by atoms with van der Waals surface area (Å²) in [6, 6.07) is 24.2. The predicted octanol–water partition coefficient (Wildman–Crippen LogP) is 5.85. The SMILES string of the molecule is CC(C)(C)c1ccc(C(=O)NCC(=O)N2CCC3(C=Cc4cc(-c5ccccc5)ccc4O3)CC2)cc1. The lowest BCUT2D eigenvalue weighted by Gasteiger charge is -2.42. The van der Waals surface area contributed by atoms with Gasteiger partial charge >= 0.3 is 0 Å². The van der Waals surface area contributed by atoms with E-state index < -0.39 is 5.60 Å². The summed E-state index contributed by atoms with van der Waals surface area (Å²) in [6.45, 7) is 7.59. The lowest BCUT2D eigenvalue weighted by atomic mass is 9.87. The van der Waals surface area contributed by atoms with Gasteiger partial charge in [0.15, 0.2) is 0 Å². The molecule has 2 heterocycles. The number of hydrogen-bond acceptors (Lipinski definition) is 3. The summed E-state index contributed by atoms with van der Waals surface area (Å²) < 4.78 is 6.47. The van der Waals surface area contributed by atoms with Crippen LogP contribution in [0, 0.1) is 0 Å². The first-order valence-electron chi connectivity index (χ1n) is 13.0. The second-order valence-corrected chi connectivity index (χ2v) is 11.0. The van der Waals surface area contributed by atoms with Crippen LogP contribution in [0.5, 0.6) is 5.75 Å². The van der Waals surface area contributed by atoms with Gasteiger partial charge < -0.3 is 15.0 Å². The Morgan fingerprint density at radius 1 is 0.919 bits per heavy atom. The Kier molecular flexibility index (Phi) is 6.63. The fourth-order valence-electron chi connectivity index (χ4n) is 4.97. The first kappa shape index (κ1) is 24.8. The molecule has 0 bridgehead atoms. The van der Waals surface area contributed by atoms with E-state index in [0.29, 0.717) is 18.7 Å². The number of fused-ring (bicyclic) bond motifs is 1. The molecule has 5 heteroatoms. The minimum Gasteiger partial charge on any atom is -0.482 e. The fraction of sp³-hybridized carbons (Fsp3) is 0.312. The molecule has 3 aromatic rings. The van der Waals surface area contributed by atoms with Crippen LogP contribution in [0.1, 0.15) is 55.1 Å². The smallest absolute Gasteiger partial charge is 0.251 e. The summed E-state index contributed by atoms with van der Waals surface area (Å²) in [6.07, 6.45) is 5.73. The average Bonchev–Trinajstić information content (AvgIpc) is 2.92. The predicted molar refractivity (Wildman–Crippen MR) is 148 cm³/mol. The number of hydrogen-bond donors (Lipinski definition) is 1. The van der Waals surface area contributed by atoms with Crippen molar-refractivity contribution in [3.8, 4) is 16.9 Å². The molecule has 0 saturated carbocycles. The van der Waals surface area contributed by atoms with E-state index in [1.807, 2.05) is 53.4 Å². The molecule has 1 saturated heterocycles. The largest absolute Gasteiger partial charge is 0.482 e. The molecule has 1 spiro atoms. The molecule has 37 heavy (non-hydrogen) atoms. The highest BCUT2D eigenvalue weighted by Crippen LogP contribution is 2.38. The van der Waals surface area contributed by atoms with Gasteiger partial charge in [0, 0.05) is 37.1 Å². The minimum atomic E-state index is -0.393. The quantitative estimate of drug-likeness (QED) is 0.495. The van der Waals surface area contributed by atoms with Crippen LogP contribution in [0.25, 0.3) is 17.2 Å². The van der Waals surface area contributed by atoms with Crippen molar-refractivity contribution in [1.82, 2.24) is 10.2 Å². The van der Waals surface area contributed by atoms with Crippen molar-refractivity contribution >= 4 is 17.9 Å². The van der Waals surface area contributed by atoms with Gasteiger partial charge in [-0.2, -0.15) is 0 Å². The highest BCUT2D eigenvalue weighted by Gasteiger charge is 2.38.